The Kier molecular flexibility index (Phi) is 9.69. The molecule has 1 rings (SSSR count). The van der Waals surface area contributed by atoms with Gasteiger partial charge < -0.3 is 20.1 Å². The van der Waals surface area contributed by atoms with Crippen LogP contribution in [0.2, 0.25) is 0 Å². The van der Waals surface area contributed by atoms with Crippen molar-refractivity contribution >= 4 is 18.1 Å². The fourth-order valence-corrected chi connectivity index (χ4v) is 5.59. The molecule has 180 valence electrons. The molecule has 0 aromatic heterocycles. The van der Waals surface area contributed by atoms with E-state index in [1.807, 2.05) is 13.8 Å². The van der Waals surface area contributed by atoms with Gasteiger partial charge in [-0.25, -0.2) is 19.4 Å². The van der Waals surface area contributed by atoms with Gasteiger partial charge >= 0.3 is 5.97 Å². The van der Waals surface area contributed by atoms with Crippen LogP contribution in [-0.2, 0) is 19.1 Å². The number of aliphatic imine (C=N–C) groups is 2. The molecular formula is C23H36N2O7. The summed E-state index contributed by atoms with van der Waals surface area (Å²) in [4.78, 5) is 42.8. The van der Waals surface area contributed by atoms with Gasteiger partial charge in [0, 0.05) is 17.9 Å². The molecule has 0 aliphatic heterocycles. The zero-order valence-electron chi connectivity index (χ0n) is 19.5. The van der Waals surface area contributed by atoms with Crippen molar-refractivity contribution in [3.63, 3.8) is 0 Å². The van der Waals surface area contributed by atoms with Gasteiger partial charge in [0.25, 0.3) is 0 Å². The third-order valence-corrected chi connectivity index (χ3v) is 6.37. The third-order valence-electron chi connectivity index (χ3n) is 6.37. The molecule has 0 amide bonds. The molecule has 3 N–H and O–H groups in total. The first kappa shape index (κ1) is 27.9. The lowest BCUT2D eigenvalue weighted by Gasteiger charge is -2.59. The number of carbonyl (C=O) groups excluding carboxylic acids is 3. The van der Waals surface area contributed by atoms with Crippen LogP contribution in [0.4, 0.5) is 0 Å². The maximum atomic E-state index is 12.7. The topological polar surface area (TPSA) is 146 Å². The number of ether oxygens (including phenoxy) is 1. The molecule has 1 saturated carbocycles. The second kappa shape index (κ2) is 11.1. The van der Waals surface area contributed by atoms with Gasteiger partial charge in [-0.2, -0.15) is 4.99 Å². The first-order valence-corrected chi connectivity index (χ1v) is 10.9. The van der Waals surface area contributed by atoms with E-state index in [1.165, 1.54) is 12.2 Å². The molecule has 9 heteroatoms. The highest BCUT2D eigenvalue weighted by atomic mass is 16.5. The predicted molar refractivity (Wildman–Crippen MR) is 117 cm³/mol. The van der Waals surface area contributed by atoms with Gasteiger partial charge in [-0.1, -0.05) is 47.1 Å². The first-order chi connectivity index (χ1) is 14.9. The number of aliphatic hydroxyl groups is 3. The average Bonchev–Trinajstić information content (AvgIpc) is 2.69. The molecule has 0 spiro atoms. The van der Waals surface area contributed by atoms with Crippen LogP contribution in [0.3, 0.4) is 0 Å². The van der Waals surface area contributed by atoms with Crippen LogP contribution in [0.25, 0.3) is 0 Å². The molecule has 3 unspecified atom stereocenters. The van der Waals surface area contributed by atoms with Crippen LogP contribution >= 0.6 is 0 Å². The van der Waals surface area contributed by atoms with Gasteiger partial charge in [0.05, 0.1) is 13.2 Å². The maximum absolute atomic E-state index is 12.7. The minimum atomic E-state index is -2.48. The number of carbonyl (C=O) groups is 1. The summed E-state index contributed by atoms with van der Waals surface area (Å²) in [6.45, 7) is 10.7. The Morgan fingerprint density at radius 1 is 1.19 bits per heavy atom. The molecule has 3 atom stereocenters. The molecule has 1 aliphatic rings. The zero-order valence-corrected chi connectivity index (χ0v) is 19.5. The second-order valence-electron chi connectivity index (χ2n) is 9.78. The van der Waals surface area contributed by atoms with Crippen LogP contribution in [0.1, 0.15) is 66.2 Å². The lowest BCUT2D eigenvalue weighted by molar-refractivity contribution is -0.251. The lowest BCUT2D eigenvalue weighted by Crippen LogP contribution is -2.66. The van der Waals surface area contributed by atoms with E-state index >= 15 is 0 Å². The summed E-state index contributed by atoms with van der Waals surface area (Å²) in [6, 6.07) is 0. The minimum Gasteiger partial charge on any atom is -0.460 e. The Balaban J connectivity index is 3.72. The van der Waals surface area contributed by atoms with E-state index in [-0.39, 0.29) is 38.2 Å². The fourth-order valence-electron chi connectivity index (χ4n) is 5.59. The van der Waals surface area contributed by atoms with Crippen LogP contribution in [0.5, 0.6) is 0 Å². The highest BCUT2D eigenvalue weighted by Crippen LogP contribution is 2.61. The minimum absolute atomic E-state index is 0.0370. The quantitative estimate of drug-likeness (QED) is 0.103. The van der Waals surface area contributed by atoms with Crippen molar-refractivity contribution in [2.24, 2.45) is 26.7 Å². The van der Waals surface area contributed by atoms with Crippen molar-refractivity contribution in [2.45, 2.75) is 77.5 Å². The number of aliphatic hydroxyl groups excluding tert-OH is 1. The van der Waals surface area contributed by atoms with E-state index in [2.05, 4.69) is 16.6 Å². The van der Waals surface area contributed by atoms with Crippen molar-refractivity contribution in [1.29, 1.82) is 0 Å². The standard InChI is InChI=1S/C23H36N2O7/c1-6-7-8-9-23(30,31)22(25-16-28)13-21(5,14-24-15-27)12-20(3,4)18(22)17(2)19(29)32-11-10-26/h18,26,30-31H,2,6-14H2,1,3-5H3. The van der Waals surface area contributed by atoms with Crippen LogP contribution in [0, 0.1) is 16.7 Å². The smallest absolute Gasteiger partial charge is 0.333 e. The van der Waals surface area contributed by atoms with E-state index < -0.39 is 34.0 Å². The Hall–Kier alpha value is -2.15. The largest absolute Gasteiger partial charge is 0.460 e. The molecule has 0 bridgehead atoms. The molecule has 0 aromatic rings. The molecule has 1 aliphatic carbocycles. The normalized spacial score (nSPS) is 27.0. The van der Waals surface area contributed by atoms with E-state index in [0.717, 1.165) is 12.8 Å². The summed E-state index contributed by atoms with van der Waals surface area (Å²) in [5.74, 6) is -4.29. The monoisotopic (exact) mass is 452 g/mol. The summed E-state index contributed by atoms with van der Waals surface area (Å²) in [6.07, 6.45) is 5.28. The molecule has 9 nitrogen and oxygen atoms in total. The fraction of sp³-hybridized carbons (Fsp3) is 0.783. The molecule has 0 saturated heterocycles. The molecule has 0 aromatic carbocycles. The maximum Gasteiger partial charge on any atom is 0.333 e. The van der Waals surface area contributed by atoms with Crippen LogP contribution in [0.15, 0.2) is 22.1 Å². The van der Waals surface area contributed by atoms with E-state index in [4.69, 9.17) is 9.84 Å². The van der Waals surface area contributed by atoms with Crippen molar-refractivity contribution in [1.82, 2.24) is 0 Å². The Morgan fingerprint density at radius 3 is 2.38 bits per heavy atom. The Bertz CT molecular complexity index is 781. The van der Waals surface area contributed by atoms with Crippen molar-refractivity contribution < 1.29 is 34.4 Å². The number of nitrogens with zero attached hydrogens (tertiary/aromatic N) is 2. The van der Waals surface area contributed by atoms with Gasteiger partial charge in [0.2, 0.25) is 12.2 Å². The summed E-state index contributed by atoms with van der Waals surface area (Å²) in [7, 11) is 0. The summed E-state index contributed by atoms with van der Waals surface area (Å²) in [5, 5.41) is 31.7. The Labute approximate surface area is 189 Å². The predicted octanol–water partition coefficient (Wildman–Crippen LogP) is 2.19. The van der Waals surface area contributed by atoms with Crippen molar-refractivity contribution in [3.8, 4) is 0 Å². The highest BCUT2D eigenvalue weighted by molar-refractivity contribution is 5.89. The summed E-state index contributed by atoms with van der Waals surface area (Å²) >= 11 is 0. The molecule has 32 heavy (non-hydrogen) atoms. The van der Waals surface area contributed by atoms with Gasteiger partial charge in [-0.05, 0) is 30.1 Å². The number of hydrogen-bond donors (Lipinski definition) is 3. The number of isocyanates is 2. The number of unbranched alkanes of at least 4 members (excludes halogenated alkanes) is 2. The summed E-state index contributed by atoms with van der Waals surface area (Å²) in [5.41, 5.74) is -3.55. The Morgan fingerprint density at radius 2 is 1.84 bits per heavy atom. The number of hydrogen-bond acceptors (Lipinski definition) is 9. The highest BCUT2D eigenvalue weighted by Gasteiger charge is 2.66. The van der Waals surface area contributed by atoms with Crippen LogP contribution < -0.4 is 0 Å². The van der Waals surface area contributed by atoms with Crippen molar-refractivity contribution in [2.75, 3.05) is 19.8 Å². The number of rotatable bonds is 12. The van der Waals surface area contributed by atoms with Gasteiger partial charge in [-0.15, -0.1) is 0 Å². The third kappa shape index (κ3) is 6.00. The van der Waals surface area contributed by atoms with E-state index in [0.29, 0.717) is 12.8 Å². The van der Waals surface area contributed by atoms with Crippen LogP contribution in [-0.4, -0.2) is 64.5 Å². The number of esters is 1. The molecule has 1 fully saturated rings. The molecule has 0 radical (unpaired) electrons. The summed E-state index contributed by atoms with van der Waals surface area (Å²) < 4.78 is 5.04. The van der Waals surface area contributed by atoms with Gasteiger partial charge in [0.15, 0.2) is 5.79 Å². The average molecular weight is 453 g/mol. The van der Waals surface area contributed by atoms with Crippen molar-refractivity contribution in [3.05, 3.63) is 12.2 Å². The second-order valence-corrected chi connectivity index (χ2v) is 9.78. The first-order valence-electron chi connectivity index (χ1n) is 10.9. The van der Waals surface area contributed by atoms with E-state index in [1.54, 1.807) is 13.8 Å². The zero-order chi connectivity index (χ0) is 24.6. The van der Waals surface area contributed by atoms with Gasteiger partial charge in [-0.3, -0.25) is 0 Å². The van der Waals surface area contributed by atoms with Gasteiger partial charge in [0.1, 0.15) is 12.1 Å². The lowest BCUT2D eigenvalue weighted by atomic mass is 9.48. The molecular weight excluding hydrogens is 416 g/mol. The molecule has 0 heterocycles. The van der Waals surface area contributed by atoms with E-state index in [9.17, 15) is 24.6 Å². The SMILES string of the molecule is C=C(C(=O)OCCO)C1C(C)(C)CC(C)(CN=C=O)CC1(N=C=O)C(O)(O)CCCCC.